The molecule has 1 amide bonds. The van der Waals surface area contributed by atoms with Crippen molar-refractivity contribution >= 4 is 6.09 Å². The summed E-state index contributed by atoms with van der Waals surface area (Å²) in [6.45, 7) is 0. The third-order valence-electron chi connectivity index (χ3n) is 2.22. The Kier molecular flexibility index (Phi) is 2.11. The van der Waals surface area contributed by atoms with E-state index in [1.807, 2.05) is 0 Å². The summed E-state index contributed by atoms with van der Waals surface area (Å²) in [5.41, 5.74) is 5.73. The highest BCUT2D eigenvalue weighted by atomic mass is 19.1. The monoisotopic (exact) mass is 195 g/mol. The van der Waals surface area contributed by atoms with Gasteiger partial charge in [0.2, 0.25) is 0 Å². The van der Waals surface area contributed by atoms with Gasteiger partial charge in [-0.25, -0.2) is 9.18 Å². The summed E-state index contributed by atoms with van der Waals surface area (Å²) in [4.78, 5) is 10.4. The van der Waals surface area contributed by atoms with Crippen molar-refractivity contribution in [2.45, 2.75) is 18.8 Å². The summed E-state index contributed by atoms with van der Waals surface area (Å²) in [7, 11) is 0. The maximum absolute atomic E-state index is 13.3. The number of benzene rings is 1. The van der Waals surface area contributed by atoms with E-state index >= 15 is 0 Å². The minimum absolute atomic E-state index is 0.109. The Morgan fingerprint density at radius 2 is 2.21 bits per heavy atom. The molecule has 3 nitrogen and oxygen atoms in total. The zero-order chi connectivity index (χ0) is 10.1. The number of hydrogen-bond donors (Lipinski definition) is 1. The van der Waals surface area contributed by atoms with E-state index in [4.69, 9.17) is 5.73 Å². The molecule has 0 saturated heterocycles. The van der Waals surface area contributed by atoms with E-state index in [1.54, 1.807) is 6.07 Å². The molecule has 1 aromatic carbocycles. The van der Waals surface area contributed by atoms with Crippen LogP contribution in [0.1, 0.15) is 24.3 Å². The van der Waals surface area contributed by atoms with Crippen LogP contribution >= 0.6 is 0 Å². The number of hydrogen-bond acceptors (Lipinski definition) is 2. The van der Waals surface area contributed by atoms with Crippen LogP contribution in [-0.2, 0) is 0 Å². The zero-order valence-electron chi connectivity index (χ0n) is 7.50. The van der Waals surface area contributed by atoms with Crippen molar-refractivity contribution in [3.8, 4) is 5.75 Å². The number of nitrogens with two attached hydrogens (primary N) is 1. The van der Waals surface area contributed by atoms with Crippen LogP contribution < -0.4 is 10.5 Å². The number of ether oxygens (including phenoxy) is 1. The van der Waals surface area contributed by atoms with E-state index in [1.165, 1.54) is 12.1 Å². The van der Waals surface area contributed by atoms with Gasteiger partial charge >= 0.3 is 6.09 Å². The van der Waals surface area contributed by atoms with Crippen molar-refractivity contribution in [2.24, 2.45) is 5.73 Å². The molecule has 1 aliphatic rings. The summed E-state index contributed by atoms with van der Waals surface area (Å²) in [5.74, 6) is -0.165. The Morgan fingerprint density at radius 1 is 1.50 bits per heavy atom. The fourth-order valence-electron chi connectivity index (χ4n) is 1.38. The maximum Gasteiger partial charge on any atom is 0.410 e. The zero-order valence-corrected chi connectivity index (χ0v) is 7.50. The number of primary amides is 1. The first-order chi connectivity index (χ1) is 6.66. The van der Waals surface area contributed by atoms with Crippen LogP contribution in [0.15, 0.2) is 18.2 Å². The van der Waals surface area contributed by atoms with Crippen LogP contribution in [-0.4, -0.2) is 6.09 Å². The van der Waals surface area contributed by atoms with E-state index in [0.717, 1.165) is 18.4 Å². The van der Waals surface area contributed by atoms with Crippen molar-refractivity contribution in [3.05, 3.63) is 29.6 Å². The standard InChI is InChI=1S/C10H10FNO2/c11-8-5-7(6-1-2-6)3-4-9(8)14-10(12)13/h3-6H,1-2H2,(H2,12,13). The average molecular weight is 195 g/mol. The van der Waals surface area contributed by atoms with Crippen molar-refractivity contribution in [1.29, 1.82) is 0 Å². The molecule has 1 fully saturated rings. The molecular weight excluding hydrogens is 185 g/mol. The van der Waals surface area contributed by atoms with Crippen molar-refractivity contribution in [3.63, 3.8) is 0 Å². The highest BCUT2D eigenvalue weighted by molar-refractivity contribution is 5.68. The van der Waals surface area contributed by atoms with Gasteiger partial charge in [-0.1, -0.05) is 6.07 Å². The summed E-state index contributed by atoms with van der Waals surface area (Å²) in [6, 6.07) is 4.60. The highest BCUT2D eigenvalue weighted by Gasteiger charge is 2.24. The van der Waals surface area contributed by atoms with Gasteiger partial charge in [-0.05, 0) is 36.5 Å². The molecule has 4 heteroatoms. The normalized spacial score (nSPS) is 15.2. The van der Waals surface area contributed by atoms with Gasteiger partial charge in [0.15, 0.2) is 11.6 Å². The van der Waals surface area contributed by atoms with Crippen LogP contribution in [0.3, 0.4) is 0 Å². The van der Waals surface area contributed by atoms with E-state index < -0.39 is 11.9 Å². The molecule has 1 aromatic rings. The van der Waals surface area contributed by atoms with Crippen molar-refractivity contribution in [2.75, 3.05) is 0 Å². The molecule has 1 aliphatic carbocycles. The van der Waals surface area contributed by atoms with Crippen LogP contribution in [0.4, 0.5) is 9.18 Å². The molecule has 1 saturated carbocycles. The lowest BCUT2D eigenvalue weighted by atomic mass is 10.1. The fourth-order valence-corrected chi connectivity index (χ4v) is 1.38. The van der Waals surface area contributed by atoms with Gasteiger partial charge < -0.3 is 10.5 Å². The molecule has 0 spiro atoms. The van der Waals surface area contributed by atoms with E-state index in [2.05, 4.69) is 4.74 Å². The van der Waals surface area contributed by atoms with Gasteiger partial charge in [0.05, 0.1) is 0 Å². The average Bonchev–Trinajstić information content (AvgIpc) is 2.90. The lowest BCUT2D eigenvalue weighted by Crippen LogP contribution is -2.16. The van der Waals surface area contributed by atoms with E-state index in [0.29, 0.717) is 5.92 Å². The summed E-state index contributed by atoms with van der Waals surface area (Å²) in [5, 5.41) is 0. The van der Waals surface area contributed by atoms with Crippen molar-refractivity contribution < 1.29 is 13.9 Å². The number of rotatable bonds is 2. The number of amides is 1. The second-order valence-corrected chi connectivity index (χ2v) is 3.39. The Bertz CT molecular complexity index is 374. The predicted octanol–water partition coefficient (Wildman–Crippen LogP) is 2.16. The lowest BCUT2D eigenvalue weighted by Gasteiger charge is -2.04. The summed E-state index contributed by atoms with van der Waals surface area (Å²) in [6.07, 6.45) is 1.22. The number of carbonyl (C=O) groups is 1. The first-order valence-corrected chi connectivity index (χ1v) is 4.43. The SMILES string of the molecule is NC(=O)Oc1ccc(C2CC2)cc1F. The lowest BCUT2D eigenvalue weighted by molar-refractivity contribution is 0.208. The molecule has 2 rings (SSSR count). The smallest absolute Gasteiger partial charge is 0.407 e. The minimum atomic E-state index is -0.997. The summed E-state index contributed by atoms with van der Waals surface area (Å²) < 4.78 is 17.7. The largest absolute Gasteiger partial charge is 0.410 e. The highest BCUT2D eigenvalue weighted by Crippen LogP contribution is 2.40. The quantitative estimate of drug-likeness (QED) is 0.786. The van der Waals surface area contributed by atoms with Gasteiger partial charge in [0, 0.05) is 0 Å². The molecule has 0 bridgehead atoms. The molecule has 2 N–H and O–H groups in total. The second kappa shape index (κ2) is 3.29. The molecule has 14 heavy (non-hydrogen) atoms. The second-order valence-electron chi connectivity index (χ2n) is 3.39. The van der Waals surface area contributed by atoms with Crippen LogP contribution in [0.25, 0.3) is 0 Å². The molecule has 0 aromatic heterocycles. The topological polar surface area (TPSA) is 52.3 Å². The molecule has 0 aliphatic heterocycles. The third-order valence-corrected chi connectivity index (χ3v) is 2.22. The van der Waals surface area contributed by atoms with Gasteiger partial charge in [-0.2, -0.15) is 0 Å². The number of halogens is 1. The Hall–Kier alpha value is -1.58. The van der Waals surface area contributed by atoms with Gasteiger partial charge in [-0.15, -0.1) is 0 Å². The first kappa shape index (κ1) is 8.99. The third kappa shape index (κ3) is 1.84. The first-order valence-electron chi connectivity index (χ1n) is 4.43. The molecule has 0 atom stereocenters. The van der Waals surface area contributed by atoms with E-state index in [-0.39, 0.29) is 5.75 Å². The maximum atomic E-state index is 13.3. The summed E-state index contributed by atoms with van der Waals surface area (Å²) >= 11 is 0. The molecule has 0 unspecified atom stereocenters. The minimum Gasteiger partial charge on any atom is -0.407 e. The van der Waals surface area contributed by atoms with Gasteiger partial charge in [0.1, 0.15) is 0 Å². The van der Waals surface area contributed by atoms with Crippen LogP contribution in [0, 0.1) is 5.82 Å². The van der Waals surface area contributed by atoms with E-state index in [9.17, 15) is 9.18 Å². The molecular formula is C10H10FNO2. The fraction of sp³-hybridized carbons (Fsp3) is 0.300. The predicted molar refractivity (Wildman–Crippen MR) is 48.6 cm³/mol. The van der Waals surface area contributed by atoms with Crippen LogP contribution in [0.2, 0.25) is 0 Å². The Labute approximate surface area is 80.7 Å². The Balaban J connectivity index is 2.21. The van der Waals surface area contributed by atoms with Crippen LogP contribution in [0.5, 0.6) is 5.75 Å². The molecule has 0 heterocycles. The number of carbonyl (C=O) groups excluding carboxylic acids is 1. The Morgan fingerprint density at radius 3 is 2.71 bits per heavy atom. The molecule has 0 radical (unpaired) electrons. The van der Waals surface area contributed by atoms with Crippen molar-refractivity contribution in [1.82, 2.24) is 0 Å². The molecule has 74 valence electrons. The van der Waals surface area contributed by atoms with Gasteiger partial charge in [-0.3, -0.25) is 0 Å². The van der Waals surface area contributed by atoms with Gasteiger partial charge in [0.25, 0.3) is 0 Å².